The maximum absolute atomic E-state index is 12.6. The van der Waals surface area contributed by atoms with Gasteiger partial charge in [0, 0.05) is 32.5 Å². The minimum absolute atomic E-state index is 0.0819. The maximum atomic E-state index is 12.6. The molecule has 1 amide bonds. The average molecular weight is 333 g/mol. The number of rotatable bonds is 9. The molecule has 1 aliphatic rings. The molecule has 24 heavy (non-hydrogen) atoms. The number of carboxylic acid groups (broad SMARTS) is 1. The Morgan fingerprint density at radius 1 is 1.17 bits per heavy atom. The molecule has 0 bridgehead atoms. The minimum atomic E-state index is -0.822. The van der Waals surface area contributed by atoms with Crippen molar-refractivity contribution < 1.29 is 19.4 Å². The van der Waals surface area contributed by atoms with Crippen LogP contribution in [0.1, 0.15) is 50.5 Å². The van der Waals surface area contributed by atoms with Gasteiger partial charge in [-0.05, 0) is 37.7 Å². The molecular formula is C19H27NO4. The summed E-state index contributed by atoms with van der Waals surface area (Å²) in [6.07, 6.45) is 5.29. The minimum Gasteiger partial charge on any atom is -0.481 e. The molecule has 0 aliphatic carbocycles. The van der Waals surface area contributed by atoms with E-state index in [1.54, 1.807) is 4.90 Å². The van der Waals surface area contributed by atoms with E-state index in [0.717, 1.165) is 31.4 Å². The van der Waals surface area contributed by atoms with Crippen molar-refractivity contribution in [2.24, 2.45) is 0 Å². The molecule has 132 valence electrons. The molecule has 0 aromatic heterocycles. The molecule has 1 aliphatic heterocycles. The first-order valence-corrected chi connectivity index (χ1v) is 8.80. The van der Waals surface area contributed by atoms with Gasteiger partial charge in [0.1, 0.15) is 0 Å². The number of benzene rings is 1. The Morgan fingerprint density at radius 2 is 1.96 bits per heavy atom. The fourth-order valence-electron chi connectivity index (χ4n) is 2.99. The van der Waals surface area contributed by atoms with Gasteiger partial charge in [0.05, 0.1) is 6.10 Å². The van der Waals surface area contributed by atoms with Gasteiger partial charge in [-0.25, -0.2) is 0 Å². The summed E-state index contributed by atoms with van der Waals surface area (Å²) < 4.78 is 5.69. The molecule has 1 aromatic rings. The normalized spacial score (nSPS) is 17.4. The van der Waals surface area contributed by atoms with Crippen LogP contribution in [0.3, 0.4) is 0 Å². The predicted molar refractivity (Wildman–Crippen MR) is 91.6 cm³/mol. The highest BCUT2D eigenvalue weighted by molar-refractivity contribution is 5.76. The Hall–Kier alpha value is -1.88. The molecule has 1 saturated heterocycles. The number of carboxylic acids is 1. The Bertz CT molecular complexity index is 511. The lowest BCUT2D eigenvalue weighted by molar-refractivity contribution is -0.138. The first-order valence-electron chi connectivity index (χ1n) is 8.80. The lowest BCUT2D eigenvalue weighted by Gasteiger charge is -2.26. The fourth-order valence-corrected chi connectivity index (χ4v) is 2.99. The summed E-state index contributed by atoms with van der Waals surface area (Å²) in [5, 5.41) is 8.81. The van der Waals surface area contributed by atoms with Crippen LogP contribution in [0.2, 0.25) is 0 Å². The lowest BCUT2D eigenvalue weighted by Crippen LogP contribution is -2.33. The molecular weight excluding hydrogens is 306 g/mol. The van der Waals surface area contributed by atoms with E-state index in [0.29, 0.717) is 25.9 Å². The number of hydrogen-bond donors (Lipinski definition) is 1. The second-order valence-electron chi connectivity index (χ2n) is 6.33. The van der Waals surface area contributed by atoms with Crippen molar-refractivity contribution in [3.63, 3.8) is 0 Å². The third kappa shape index (κ3) is 6.71. The van der Waals surface area contributed by atoms with Gasteiger partial charge in [0.15, 0.2) is 0 Å². The van der Waals surface area contributed by atoms with E-state index in [1.807, 2.05) is 30.3 Å². The number of carbonyl (C=O) groups is 2. The van der Waals surface area contributed by atoms with Crippen LogP contribution in [-0.2, 0) is 20.9 Å². The second kappa shape index (κ2) is 10.1. The smallest absolute Gasteiger partial charge is 0.303 e. The maximum Gasteiger partial charge on any atom is 0.303 e. The SMILES string of the molecule is O=C(O)CCCN(Cc1ccccc1)C(=O)CCC1CCCCO1. The van der Waals surface area contributed by atoms with Crippen LogP contribution >= 0.6 is 0 Å². The first-order chi connectivity index (χ1) is 11.6. The van der Waals surface area contributed by atoms with Crippen LogP contribution in [0.15, 0.2) is 30.3 Å². The van der Waals surface area contributed by atoms with E-state index in [1.165, 1.54) is 6.42 Å². The number of nitrogens with zero attached hydrogens (tertiary/aromatic N) is 1. The van der Waals surface area contributed by atoms with Crippen LogP contribution in [0.4, 0.5) is 0 Å². The highest BCUT2D eigenvalue weighted by Crippen LogP contribution is 2.18. The summed E-state index contributed by atoms with van der Waals surface area (Å²) >= 11 is 0. The van der Waals surface area contributed by atoms with E-state index >= 15 is 0 Å². The van der Waals surface area contributed by atoms with Crippen molar-refractivity contribution in [1.82, 2.24) is 4.90 Å². The summed E-state index contributed by atoms with van der Waals surface area (Å²) in [4.78, 5) is 25.1. The molecule has 0 radical (unpaired) electrons. The second-order valence-corrected chi connectivity index (χ2v) is 6.33. The molecule has 1 atom stereocenters. The zero-order valence-corrected chi connectivity index (χ0v) is 14.2. The van der Waals surface area contributed by atoms with Crippen LogP contribution in [0.25, 0.3) is 0 Å². The summed E-state index contributed by atoms with van der Waals surface area (Å²) in [6.45, 7) is 1.81. The molecule has 5 heteroatoms. The van der Waals surface area contributed by atoms with Crippen LogP contribution < -0.4 is 0 Å². The van der Waals surface area contributed by atoms with Crippen molar-refractivity contribution in [2.45, 2.75) is 57.6 Å². The molecule has 5 nitrogen and oxygen atoms in total. The molecule has 0 saturated carbocycles. The number of carbonyl (C=O) groups excluding carboxylic acids is 1. The zero-order chi connectivity index (χ0) is 17.2. The predicted octanol–water partition coefficient (Wildman–Crippen LogP) is 3.23. The Balaban J connectivity index is 1.87. The molecule has 1 N–H and O–H groups in total. The van der Waals surface area contributed by atoms with Crippen molar-refractivity contribution >= 4 is 11.9 Å². The van der Waals surface area contributed by atoms with Gasteiger partial charge in [-0.2, -0.15) is 0 Å². The van der Waals surface area contributed by atoms with Gasteiger partial charge in [-0.15, -0.1) is 0 Å². The Kier molecular flexibility index (Phi) is 7.75. The number of ether oxygens (including phenoxy) is 1. The van der Waals surface area contributed by atoms with E-state index in [9.17, 15) is 9.59 Å². The third-order valence-electron chi connectivity index (χ3n) is 4.34. The zero-order valence-electron chi connectivity index (χ0n) is 14.2. The fraction of sp³-hybridized carbons (Fsp3) is 0.579. The largest absolute Gasteiger partial charge is 0.481 e. The third-order valence-corrected chi connectivity index (χ3v) is 4.34. The quantitative estimate of drug-likeness (QED) is 0.753. The van der Waals surface area contributed by atoms with Gasteiger partial charge in [-0.3, -0.25) is 9.59 Å². The summed E-state index contributed by atoms with van der Waals surface area (Å²) in [5.41, 5.74) is 1.06. The van der Waals surface area contributed by atoms with Crippen molar-refractivity contribution in [2.75, 3.05) is 13.2 Å². The van der Waals surface area contributed by atoms with Crippen LogP contribution in [0.5, 0.6) is 0 Å². The molecule has 1 fully saturated rings. The van der Waals surface area contributed by atoms with Crippen LogP contribution in [-0.4, -0.2) is 41.1 Å². The van der Waals surface area contributed by atoms with Gasteiger partial charge in [0.25, 0.3) is 0 Å². The van der Waals surface area contributed by atoms with E-state index in [-0.39, 0.29) is 18.4 Å². The van der Waals surface area contributed by atoms with Gasteiger partial charge >= 0.3 is 5.97 Å². The van der Waals surface area contributed by atoms with Gasteiger partial charge < -0.3 is 14.7 Å². The topological polar surface area (TPSA) is 66.8 Å². The molecule has 1 unspecified atom stereocenters. The average Bonchev–Trinajstić information content (AvgIpc) is 2.60. The molecule has 1 heterocycles. The summed E-state index contributed by atoms with van der Waals surface area (Å²) in [6, 6.07) is 9.82. The van der Waals surface area contributed by atoms with Gasteiger partial charge in [0.2, 0.25) is 5.91 Å². The highest BCUT2D eigenvalue weighted by Gasteiger charge is 2.19. The highest BCUT2D eigenvalue weighted by atomic mass is 16.5. The number of amides is 1. The van der Waals surface area contributed by atoms with E-state index < -0.39 is 5.97 Å². The number of aliphatic carboxylic acids is 1. The van der Waals surface area contributed by atoms with Crippen LogP contribution in [0, 0.1) is 0 Å². The van der Waals surface area contributed by atoms with Crippen molar-refractivity contribution in [3.05, 3.63) is 35.9 Å². The molecule has 0 spiro atoms. The van der Waals surface area contributed by atoms with Crippen molar-refractivity contribution in [1.29, 1.82) is 0 Å². The Morgan fingerprint density at radius 3 is 2.62 bits per heavy atom. The summed E-state index contributed by atoms with van der Waals surface area (Å²) in [7, 11) is 0. The molecule has 1 aromatic carbocycles. The number of hydrogen-bond acceptors (Lipinski definition) is 3. The van der Waals surface area contributed by atoms with E-state index in [4.69, 9.17) is 9.84 Å². The Labute approximate surface area is 143 Å². The monoisotopic (exact) mass is 333 g/mol. The van der Waals surface area contributed by atoms with Crippen molar-refractivity contribution in [3.8, 4) is 0 Å². The van der Waals surface area contributed by atoms with E-state index in [2.05, 4.69) is 0 Å². The lowest BCUT2D eigenvalue weighted by atomic mass is 10.0. The summed E-state index contributed by atoms with van der Waals surface area (Å²) in [5.74, 6) is -0.740. The first kappa shape index (κ1) is 18.5. The van der Waals surface area contributed by atoms with Gasteiger partial charge in [-0.1, -0.05) is 30.3 Å². The molecule has 2 rings (SSSR count). The standard InChI is InChI=1S/C19H27NO4/c21-18(12-11-17-9-4-5-14-24-17)20(13-6-10-19(22)23)15-16-7-2-1-3-8-16/h1-3,7-8,17H,4-6,9-15H2,(H,22,23).